The number of carbonyl (C=O) groups excluding carboxylic acids is 1. The highest BCUT2D eigenvalue weighted by Crippen LogP contribution is 2.25. The van der Waals surface area contributed by atoms with E-state index in [1.165, 1.54) is 0 Å². The van der Waals surface area contributed by atoms with E-state index in [0.29, 0.717) is 5.75 Å². The van der Waals surface area contributed by atoms with Crippen LogP contribution in [0.1, 0.15) is 25.7 Å². The van der Waals surface area contributed by atoms with Crippen molar-refractivity contribution in [2.75, 3.05) is 13.2 Å². The lowest BCUT2D eigenvalue weighted by Gasteiger charge is -2.30. The third-order valence-corrected chi connectivity index (χ3v) is 4.34. The first-order chi connectivity index (χ1) is 9.70. The summed E-state index contributed by atoms with van der Waals surface area (Å²) in [7, 11) is 0. The Morgan fingerprint density at radius 3 is 2.85 bits per heavy atom. The number of para-hydroxylation sites is 1. The quantitative estimate of drug-likeness (QED) is 0.864. The van der Waals surface area contributed by atoms with Crippen LogP contribution in [0.15, 0.2) is 28.7 Å². The molecule has 2 rings (SSSR count). The van der Waals surface area contributed by atoms with Crippen LogP contribution in [0.2, 0.25) is 0 Å². The Hall–Kier alpha value is -1.07. The average Bonchev–Trinajstić information content (AvgIpc) is 2.47. The van der Waals surface area contributed by atoms with Gasteiger partial charge in [0.15, 0.2) is 6.61 Å². The van der Waals surface area contributed by atoms with E-state index in [-0.39, 0.29) is 31.1 Å². The van der Waals surface area contributed by atoms with Crippen molar-refractivity contribution in [3.63, 3.8) is 0 Å². The summed E-state index contributed by atoms with van der Waals surface area (Å²) < 4.78 is 6.32. The number of nitrogens with one attached hydrogen (secondary N) is 1. The molecule has 20 heavy (non-hydrogen) atoms. The fourth-order valence-corrected chi connectivity index (χ4v) is 2.97. The first-order valence-electron chi connectivity index (χ1n) is 6.98. The van der Waals surface area contributed by atoms with E-state index in [9.17, 15) is 9.90 Å². The minimum atomic E-state index is -0.133. The van der Waals surface area contributed by atoms with E-state index in [0.717, 1.165) is 30.2 Å². The second-order valence-corrected chi connectivity index (χ2v) is 5.97. The second kappa shape index (κ2) is 7.64. The maximum Gasteiger partial charge on any atom is 0.258 e. The Morgan fingerprint density at radius 2 is 2.10 bits per heavy atom. The lowest BCUT2D eigenvalue weighted by Crippen LogP contribution is -2.45. The summed E-state index contributed by atoms with van der Waals surface area (Å²) >= 11 is 3.38. The number of benzene rings is 1. The largest absolute Gasteiger partial charge is 0.483 e. The molecule has 4 nitrogen and oxygen atoms in total. The van der Waals surface area contributed by atoms with Crippen LogP contribution < -0.4 is 10.1 Å². The predicted molar refractivity (Wildman–Crippen MR) is 80.6 cm³/mol. The van der Waals surface area contributed by atoms with Gasteiger partial charge in [0.05, 0.1) is 4.47 Å². The molecule has 110 valence electrons. The van der Waals surface area contributed by atoms with Crippen molar-refractivity contribution in [2.24, 2.45) is 5.92 Å². The summed E-state index contributed by atoms with van der Waals surface area (Å²) in [5.74, 6) is 0.701. The molecule has 5 heteroatoms. The SMILES string of the molecule is O=C(COc1ccccc1Br)NC1CCCCC1CO. The van der Waals surface area contributed by atoms with E-state index in [4.69, 9.17) is 4.74 Å². The van der Waals surface area contributed by atoms with Crippen molar-refractivity contribution >= 4 is 21.8 Å². The molecule has 1 amide bonds. The number of hydrogen-bond acceptors (Lipinski definition) is 3. The van der Waals surface area contributed by atoms with Crippen LogP contribution in [0, 0.1) is 5.92 Å². The van der Waals surface area contributed by atoms with Crippen LogP contribution in [-0.4, -0.2) is 30.3 Å². The predicted octanol–water partition coefficient (Wildman–Crippen LogP) is 2.50. The Kier molecular flexibility index (Phi) is 5.86. The maximum atomic E-state index is 11.9. The maximum absolute atomic E-state index is 11.9. The van der Waals surface area contributed by atoms with E-state index >= 15 is 0 Å². The number of hydrogen-bond donors (Lipinski definition) is 2. The van der Waals surface area contributed by atoms with Gasteiger partial charge in [0.1, 0.15) is 5.75 Å². The molecule has 2 atom stereocenters. The van der Waals surface area contributed by atoms with Crippen molar-refractivity contribution in [2.45, 2.75) is 31.7 Å². The molecule has 1 fully saturated rings. The molecular formula is C15H20BrNO3. The molecule has 1 saturated carbocycles. The smallest absolute Gasteiger partial charge is 0.258 e. The summed E-state index contributed by atoms with van der Waals surface area (Å²) in [6.07, 6.45) is 4.15. The molecule has 2 unspecified atom stereocenters. The third kappa shape index (κ3) is 4.21. The van der Waals surface area contributed by atoms with Crippen LogP contribution in [0.3, 0.4) is 0 Å². The van der Waals surface area contributed by atoms with Gasteiger partial charge in [-0.15, -0.1) is 0 Å². The van der Waals surface area contributed by atoms with Crippen molar-refractivity contribution in [3.8, 4) is 5.75 Å². The molecule has 1 aromatic rings. The zero-order valence-electron chi connectivity index (χ0n) is 11.3. The Bertz CT molecular complexity index is 452. The first kappa shape index (κ1) is 15.3. The highest BCUT2D eigenvalue weighted by atomic mass is 79.9. The average molecular weight is 342 g/mol. The van der Waals surface area contributed by atoms with Gasteiger partial charge in [0.2, 0.25) is 0 Å². The van der Waals surface area contributed by atoms with Crippen LogP contribution in [0.25, 0.3) is 0 Å². The highest BCUT2D eigenvalue weighted by molar-refractivity contribution is 9.10. The number of aliphatic hydroxyl groups is 1. The molecule has 1 aliphatic carbocycles. The number of amides is 1. The fraction of sp³-hybridized carbons (Fsp3) is 0.533. The van der Waals surface area contributed by atoms with Gasteiger partial charge in [0, 0.05) is 18.6 Å². The van der Waals surface area contributed by atoms with Crippen LogP contribution in [-0.2, 0) is 4.79 Å². The molecule has 0 heterocycles. The molecule has 0 saturated heterocycles. The van der Waals surface area contributed by atoms with E-state index in [1.807, 2.05) is 24.3 Å². The molecule has 0 aliphatic heterocycles. The number of rotatable bonds is 5. The Morgan fingerprint density at radius 1 is 1.35 bits per heavy atom. The monoisotopic (exact) mass is 341 g/mol. The summed E-state index contributed by atoms with van der Waals surface area (Å²) in [6.45, 7) is 0.132. The highest BCUT2D eigenvalue weighted by Gasteiger charge is 2.25. The Balaban J connectivity index is 1.82. The number of ether oxygens (including phenoxy) is 1. The number of carbonyl (C=O) groups is 1. The standard InChI is InChI=1S/C15H20BrNO3/c16-12-6-2-4-8-14(12)20-10-15(19)17-13-7-3-1-5-11(13)9-18/h2,4,6,8,11,13,18H,1,3,5,7,9-10H2,(H,17,19). The van der Waals surface area contributed by atoms with Gasteiger partial charge in [-0.2, -0.15) is 0 Å². The van der Waals surface area contributed by atoms with Gasteiger partial charge in [-0.05, 0) is 40.9 Å². The molecule has 1 aromatic carbocycles. The zero-order chi connectivity index (χ0) is 14.4. The molecule has 0 spiro atoms. The van der Waals surface area contributed by atoms with Gasteiger partial charge in [-0.25, -0.2) is 0 Å². The lowest BCUT2D eigenvalue weighted by molar-refractivity contribution is -0.124. The second-order valence-electron chi connectivity index (χ2n) is 5.12. The summed E-state index contributed by atoms with van der Waals surface area (Å²) in [4.78, 5) is 11.9. The fourth-order valence-electron chi connectivity index (χ4n) is 2.57. The Labute approximate surface area is 127 Å². The van der Waals surface area contributed by atoms with Crippen molar-refractivity contribution in [3.05, 3.63) is 28.7 Å². The van der Waals surface area contributed by atoms with E-state index < -0.39 is 0 Å². The zero-order valence-corrected chi connectivity index (χ0v) is 12.9. The molecule has 0 bridgehead atoms. The van der Waals surface area contributed by atoms with Gasteiger partial charge in [0.25, 0.3) is 5.91 Å². The minimum absolute atomic E-state index is 0.00272. The number of halogens is 1. The van der Waals surface area contributed by atoms with Gasteiger partial charge >= 0.3 is 0 Å². The van der Waals surface area contributed by atoms with Gasteiger partial charge in [-0.1, -0.05) is 25.0 Å². The van der Waals surface area contributed by atoms with E-state index in [2.05, 4.69) is 21.2 Å². The first-order valence-corrected chi connectivity index (χ1v) is 7.77. The molecule has 0 aromatic heterocycles. The minimum Gasteiger partial charge on any atom is -0.483 e. The summed E-state index contributed by atoms with van der Waals surface area (Å²) in [5, 5.41) is 12.3. The number of aliphatic hydroxyl groups excluding tert-OH is 1. The third-order valence-electron chi connectivity index (χ3n) is 3.69. The summed E-state index contributed by atoms with van der Waals surface area (Å²) in [5.41, 5.74) is 0. The van der Waals surface area contributed by atoms with Gasteiger partial charge < -0.3 is 15.2 Å². The summed E-state index contributed by atoms with van der Waals surface area (Å²) in [6, 6.07) is 7.51. The van der Waals surface area contributed by atoms with Gasteiger partial charge in [-0.3, -0.25) is 4.79 Å². The van der Waals surface area contributed by atoms with Crippen LogP contribution >= 0.6 is 15.9 Å². The van der Waals surface area contributed by atoms with Crippen LogP contribution in [0.4, 0.5) is 0 Å². The normalized spacial score (nSPS) is 22.3. The lowest BCUT2D eigenvalue weighted by atomic mass is 9.85. The molecule has 2 N–H and O–H groups in total. The molecule has 0 radical (unpaired) electrons. The van der Waals surface area contributed by atoms with E-state index in [1.54, 1.807) is 0 Å². The van der Waals surface area contributed by atoms with Crippen molar-refractivity contribution < 1.29 is 14.6 Å². The van der Waals surface area contributed by atoms with Crippen molar-refractivity contribution in [1.82, 2.24) is 5.32 Å². The van der Waals surface area contributed by atoms with Crippen molar-refractivity contribution in [1.29, 1.82) is 0 Å². The van der Waals surface area contributed by atoms with Crippen LogP contribution in [0.5, 0.6) is 5.75 Å². The molecular weight excluding hydrogens is 322 g/mol. The topological polar surface area (TPSA) is 58.6 Å². The molecule has 1 aliphatic rings.